The van der Waals surface area contributed by atoms with Gasteiger partial charge < -0.3 is 9.47 Å². The fourth-order valence-electron chi connectivity index (χ4n) is 10.6. The first-order valence-electron chi connectivity index (χ1n) is 21.0. The molecule has 0 amide bonds. The van der Waals surface area contributed by atoms with E-state index in [0.29, 0.717) is 0 Å². The van der Waals surface area contributed by atoms with E-state index in [0.717, 1.165) is 12.1 Å². The van der Waals surface area contributed by atoms with E-state index in [1.807, 2.05) is 0 Å². The zero-order valence-electron chi connectivity index (χ0n) is 32.9. The van der Waals surface area contributed by atoms with E-state index >= 15 is 0 Å². The van der Waals surface area contributed by atoms with Gasteiger partial charge in [-0.15, -0.1) is 0 Å². The smallest absolute Gasteiger partial charge is 0.0633 e. The van der Waals surface area contributed by atoms with Crippen molar-refractivity contribution in [2.24, 2.45) is 0 Å². The summed E-state index contributed by atoms with van der Waals surface area (Å²) in [6, 6.07) is 74.2. The zero-order chi connectivity index (χ0) is 39.3. The molecule has 1 aromatic heterocycles. The number of hydrogen-bond donors (Lipinski definition) is 0. The van der Waals surface area contributed by atoms with Gasteiger partial charge in [0.15, 0.2) is 0 Å². The first-order chi connectivity index (χ1) is 29.8. The largest absolute Gasteiger partial charge is 0.333 e. The SMILES string of the molecule is C1=C(c2ccc3c(c2)c2ccccc2n3-c2cccc(-c3ccc4c5c(cccc35)-c3ccccc3-4)c2)C=C2c3cc(-c4ccccc4)ccc3N(c3ccccc3)C2C1. The van der Waals surface area contributed by atoms with Gasteiger partial charge in [0.05, 0.1) is 17.1 Å². The summed E-state index contributed by atoms with van der Waals surface area (Å²) in [5.74, 6) is 0. The van der Waals surface area contributed by atoms with E-state index < -0.39 is 0 Å². The average Bonchev–Trinajstić information content (AvgIpc) is 3.95. The van der Waals surface area contributed by atoms with Gasteiger partial charge in [-0.3, -0.25) is 0 Å². The van der Waals surface area contributed by atoms with Gasteiger partial charge in [-0.1, -0.05) is 152 Å². The monoisotopic (exact) mass is 762 g/mol. The molecule has 2 heterocycles. The Morgan fingerprint density at radius 1 is 0.383 bits per heavy atom. The third-order valence-corrected chi connectivity index (χ3v) is 13.2. The van der Waals surface area contributed by atoms with Crippen LogP contribution in [0, 0.1) is 0 Å². The normalized spacial score (nSPS) is 14.9. The van der Waals surface area contributed by atoms with Crippen LogP contribution < -0.4 is 4.90 Å². The van der Waals surface area contributed by atoms with Gasteiger partial charge in [-0.05, 0) is 139 Å². The van der Waals surface area contributed by atoms with Crippen molar-refractivity contribution in [2.45, 2.75) is 12.5 Å². The fourth-order valence-corrected chi connectivity index (χ4v) is 10.6. The molecule has 0 spiro atoms. The molecule has 2 nitrogen and oxygen atoms in total. The Bertz CT molecular complexity index is 3430. The lowest BCUT2D eigenvalue weighted by molar-refractivity contribution is 0.831. The number of anilines is 2. The minimum Gasteiger partial charge on any atom is -0.333 e. The zero-order valence-corrected chi connectivity index (χ0v) is 32.9. The summed E-state index contributed by atoms with van der Waals surface area (Å²) in [6.07, 6.45) is 5.85. The van der Waals surface area contributed by atoms with Crippen LogP contribution in [0.15, 0.2) is 212 Å². The number of benzene rings is 9. The minimum atomic E-state index is 0.240. The van der Waals surface area contributed by atoms with Crippen LogP contribution >= 0.6 is 0 Å². The molecule has 280 valence electrons. The summed E-state index contributed by atoms with van der Waals surface area (Å²) < 4.78 is 2.45. The summed E-state index contributed by atoms with van der Waals surface area (Å²) in [6.45, 7) is 0. The van der Waals surface area contributed by atoms with E-state index in [2.05, 4.69) is 222 Å². The van der Waals surface area contributed by atoms with Crippen molar-refractivity contribution in [3.8, 4) is 50.2 Å². The second-order valence-electron chi connectivity index (χ2n) is 16.4. The molecule has 60 heavy (non-hydrogen) atoms. The average molecular weight is 763 g/mol. The predicted molar refractivity (Wildman–Crippen MR) is 253 cm³/mol. The first kappa shape index (κ1) is 33.3. The summed E-state index contributed by atoms with van der Waals surface area (Å²) in [4.78, 5) is 2.54. The fraction of sp³-hybridized carbons (Fsp3) is 0.0345. The number of para-hydroxylation sites is 2. The summed E-state index contributed by atoms with van der Waals surface area (Å²) in [5.41, 5.74) is 21.6. The Morgan fingerprint density at radius 2 is 1.03 bits per heavy atom. The second kappa shape index (κ2) is 12.9. The molecule has 2 aliphatic carbocycles. The van der Waals surface area contributed by atoms with Gasteiger partial charge in [0.1, 0.15) is 0 Å². The number of rotatable bonds is 5. The van der Waals surface area contributed by atoms with Crippen molar-refractivity contribution in [3.63, 3.8) is 0 Å². The van der Waals surface area contributed by atoms with Crippen LogP contribution in [0.25, 0.3) is 93.9 Å². The summed E-state index contributed by atoms with van der Waals surface area (Å²) in [5, 5.41) is 5.19. The molecule has 10 aromatic rings. The molecule has 0 saturated heterocycles. The van der Waals surface area contributed by atoms with Crippen LogP contribution in [0.3, 0.4) is 0 Å². The molecule has 0 bridgehead atoms. The van der Waals surface area contributed by atoms with E-state index in [1.165, 1.54) is 111 Å². The van der Waals surface area contributed by atoms with Crippen molar-refractivity contribution in [1.29, 1.82) is 0 Å². The van der Waals surface area contributed by atoms with Crippen molar-refractivity contribution >= 4 is 55.1 Å². The molecule has 1 atom stereocenters. The molecule has 3 aliphatic rings. The number of nitrogens with zero attached hydrogens (tertiary/aromatic N) is 2. The van der Waals surface area contributed by atoms with Gasteiger partial charge in [-0.2, -0.15) is 0 Å². The maximum atomic E-state index is 2.54. The van der Waals surface area contributed by atoms with Crippen molar-refractivity contribution in [1.82, 2.24) is 4.57 Å². The number of hydrogen-bond acceptors (Lipinski definition) is 1. The van der Waals surface area contributed by atoms with Gasteiger partial charge in [0.25, 0.3) is 0 Å². The van der Waals surface area contributed by atoms with Gasteiger partial charge in [0, 0.05) is 33.4 Å². The van der Waals surface area contributed by atoms with Crippen LogP contribution in [0.4, 0.5) is 11.4 Å². The third-order valence-electron chi connectivity index (χ3n) is 13.2. The Morgan fingerprint density at radius 3 is 1.90 bits per heavy atom. The molecule has 1 unspecified atom stereocenters. The number of allylic oxidation sites excluding steroid dienone is 2. The third kappa shape index (κ3) is 4.88. The second-order valence-corrected chi connectivity index (χ2v) is 16.4. The minimum absolute atomic E-state index is 0.240. The van der Waals surface area contributed by atoms with Crippen LogP contribution in [0.5, 0.6) is 0 Å². The number of fused-ring (bicyclic) bond motifs is 9. The Labute approximate surface area is 349 Å². The molecule has 0 N–H and O–H groups in total. The van der Waals surface area contributed by atoms with Gasteiger partial charge >= 0.3 is 0 Å². The standard InChI is InChI=1S/C58H38N2/c1-3-13-37(14-4-1)38-25-30-56-52(34-38)53-36-40(27-32-57(53)59(56)42-16-5-2-6-17-42)39-26-31-55-51(35-39)47-21-9-10-24-54(47)60(55)43-18-11-15-41(33-43)44-28-29-50-46-20-8-7-19-45(46)49-23-12-22-48(44)58(49)50/h1-31,33-36,57H,32H2. The first-order valence-corrected chi connectivity index (χ1v) is 21.0. The molecular formula is C58H38N2. The van der Waals surface area contributed by atoms with Gasteiger partial charge in [-0.25, -0.2) is 0 Å². The lowest BCUT2D eigenvalue weighted by Crippen LogP contribution is -2.27. The highest BCUT2D eigenvalue weighted by molar-refractivity contribution is 6.19. The summed E-state index contributed by atoms with van der Waals surface area (Å²) >= 11 is 0. The molecule has 0 fully saturated rings. The Balaban J connectivity index is 0.919. The van der Waals surface area contributed by atoms with E-state index in [-0.39, 0.29) is 6.04 Å². The lowest BCUT2D eigenvalue weighted by atomic mass is 9.88. The molecule has 13 rings (SSSR count). The highest BCUT2D eigenvalue weighted by Crippen LogP contribution is 2.51. The predicted octanol–water partition coefficient (Wildman–Crippen LogP) is 15.3. The van der Waals surface area contributed by atoms with Crippen LogP contribution in [0.2, 0.25) is 0 Å². The van der Waals surface area contributed by atoms with Gasteiger partial charge in [0.2, 0.25) is 0 Å². The molecule has 1 aliphatic heterocycles. The highest BCUT2D eigenvalue weighted by atomic mass is 15.2. The number of aromatic nitrogens is 1. The molecule has 0 saturated carbocycles. The van der Waals surface area contributed by atoms with Crippen LogP contribution in [-0.4, -0.2) is 10.6 Å². The Hall–Kier alpha value is -7.68. The van der Waals surface area contributed by atoms with Crippen molar-refractivity contribution < 1.29 is 0 Å². The molecule has 9 aromatic carbocycles. The maximum Gasteiger partial charge on any atom is 0.0633 e. The van der Waals surface area contributed by atoms with E-state index in [1.54, 1.807) is 0 Å². The molecule has 0 radical (unpaired) electrons. The molecular weight excluding hydrogens is 725 g/mol. The lowest BCUT2D eigenvalue weighted by Gasteiger charge is -2.29. The molecule has 2 heteroatoms. The topological polar surface area (TPSA) is 8.17 Å². The quantitative estimate of drug-likeness (QED) is 0.170. The Kier molecular flexibility index (Phi) is 7.17. The van der Waals surface area contributed by atoms with E-state index in [9.17, 15) is 0 Å². The highest BCUT2D eigenvalue weighted by Gasteiger charge is 2.36. The van der Waals surface area contributed by atoms with Crippen LogP contribution in [-0.2, 0) is 0 Å². The van der Waals surface area contributed by atoms with Crippen molar-refractivity contribution in [2.75, 3.05) is 4.90 Å². The van der Waals surface area contributed by atoms with Crippen LogP contribution in [0.1, 0.15) is 17.5 Å². The van der Waals surface area contributed by atoms with E-state index in [4.69, 9.17) is 0 Å². The van der Waals surface area contributed by atoms with Crippen molar-refractivity contribution in [3.05, 3.63) is 223 Å². The summed E-state index contributed by atoms with van der Waals surface area (Å²) in [7, 11) is 0. The maximum absolute atomic E-state index is 2.54.